The molecule has 1 atom stereocenters. The predicted octanol–water partition coefficient (Wildman–Crippen LogP) is 3.40. The first-order valence-corrected chi connectivity index (χ1v) is 9.39. The Hall–Kier alpha value is -2.81. The minimum atomic E-state index is -0.504. The molecular weight excluding hydrogens is 417 g/mol. The van der Waals surface area contributed by atoms with Gasteiger partial charge in [0.2, 0.25) is 0 Å². The molecule has 3 aromatic rings. The molecule has 4 rings (SSSR count). The highest BCUT2D eigenvalue weighted by molar-refractivity contribution is 9.08. The number of benzene rings is 1. The zero-order valence-electron chi connectivity index (χ0n) is 14.1. The monoisotopic (exact) mass is 431 g/mol. The van der Waals surface area contributed by atoms with Crippen molar-refractivity contribution in [2.24, 2.45) is 0 Å². The average molecular weight is 432 g/mol. The van der Waals surface area contributed by atoms with Gasteiger partial charge in [0.15, 0.2) is 0 Å². The Kier molecular flexibility index (Phi) is 4.85. The van der Waals surface area contributed by atoms with Gasteiger partial charge >= 0.3 is 6.09 Å². The number of aromatic nitrogens is 4. The van der Waals surface area contributed by atoms with Crippen LogP contribution in [0.25, 0.3) is 11.1 Å². The number of nitrogens with zero attached hydrogens (tertiary/aromatic N) is 5. The molecule has 2 aromatic heterocycles. The zero-order valence-corrected chi connectivity index (χ0v) is 15.7. The fourth-order valence-corrected chi connectivity index (χ4v) is 3.27. The van der Waals surface area contributed by atoms with Crippen molar-refractivity contribution in [1.29, 1.82) is 0 Å². The van der Waals surface area contributed by atoms with Crippen molar-refractivity contribution >= 4 is 27.7 Å². The Bertz CT molecular complexity index is 949. The number of pyridine rings is 1. The van der Waals surface area contributed by atoms with Gasteiger partial charge in [-0.3, -0.25) is 9.88 Å². The maximum Gasteiger partial charge on any atom is 0.414 e. The van der Waals surface area contributed by atoms with Crippen molar-refractivity contribution < 1.29 is 13.9 Å². The molecule has 1 saturated heterocycles. The third kappa shape index (κ3) is 3.68. The van der Waals surface area contributed by atoms with E-state index in [4.69, 9.17) is 4.74 Å². The zero-order chi connectivity index (χ0) is 18.8. The van der Waals surface area contributed by atoms with Crippen LogP contribution in [0.2, 0.25) is 0 Å². The topological polar surface area (TPSA) is 73.1 Å². The normalized spacial score (nSPS) is 16.6. The Balaban J connectivity index is 1.52. The molecule has 0 aliphatic carbocycles. The van der Waals surface area contributed by atoms with Gasteiger partial charge in [-0.15, -0.1) is 5.10 Å². The van der Waals surface area contributed by atoms with Crippen molar-refractivity contribution in [1.82, 2.24) is 20.0 Å². The summed E-state index contributed by atoms with van der Waals surface area (Å²) in [6.45, 7) is 0.716. The van der Waals surface area contributed by atoms with Crippen LogP contribution in [-0.2, 0) is 16.6 Å². The molecule has 1 amide bonds. The van der Waals surface area contributed by atoms with Gasteiger partial charge in [-0.05, 0) is 24.3 Å². The van der Waals surface area contributed by atoms with Gasteiger partial charge in [0.05, 0.1) is 30.7 Å². The van der Waals surface area contributed by atoms with Crippen LogP contribution >= 0.6 is 15.9 Å². The largest absolute Gasteiger partial charge is 0.442 e. The molecule has 27 heavy (non-hydrogen) atoms. The van der Waals surface area contributed by atoms with Gasteiger partial charge in [-0.1, -0.05) is 27.2 Å². The van der Waals surface area contributed by atoms with E-state index in [1.807, 2.05) is 12.1 Å². The first-order chi connectivity index (χ1) is 13.1. The predicted molar refractivity (Wildman–Crippen MR) is 99.9 cm³/mol. The van der Waals surface area contributed by atoms with E-state index in [9.17, 15) is 9.18 Å². The quantitative estimate of drug-likeness (QED) is 0.578. The molecule has 1 aliphatic rings. The Morgan fingerprint density at radius 1 is 1.30 bits per heavy atom. The minimum absolute atomic E-state index is 0.318. The van der Waals surface area contributed by atoms with Crippen LogP contribution in [0.3, 0.4) is 0 Å². The lowest BCUT2D eigenvalue weighted by Crippen LogP contribution is -2.26. The smallest absolute Gasteiger partial charge is 0.414 e. The van der Waals surface area contributed by atoms with E-state index in [-0.39, 0.29) is 6.10 Å². The maximum atomic E-state index is 14.7. The molecule has 0 N–H and O–H groups in total. The number of anilines is 1. The van der Waals surface area contributed by atoms with Crippen molar-refractivity contribution in [2.75, 3.05) is 11.4 Å². The fourth-order valence-electron chi connectivity index (χ4n) is 2.94. The summed E-state index contributed by atoms with van der Waals surface area (Å²) in [5.74, 6) is -0.423. The Labute approximate surface area is 162 Å². The van der Waals surface area contributed by atoms with Gasteiger partial charge in [-0.25, -0.2) is 13.9 Å². The molecule has 138 valence electrons. The van der Waals surface area contributed by atoms with E-state index in [0.29, 0.717) is 35.2 Å². The summed E-state index contributed by atoms with van der Waals surface area (Å²) in [6.07, 6.45) is 4.01. The molecule has 0 radical (unpaired) electrons. The molecular formula is C18H15BrFN5O2. The van der Waals surface area contributed by atoms with E-state index in [0.717, 1.165) is 5.69 Å². The van der Waals surface area contributed by atoms with Crippen molar-refractivity contribution in [3.8, 4) is 11.1 Å². The number of hydrogen-bond acceptors (Lipinski definition) is 5. The second kappa shape index (κ2) is 7.43. The highest BCUT2D eigenvalue weighted by Gasteiger charge is 2.33. The second-order valence-electron chi connectivity index (χ2n) is 6.08. The van der Waals surface area contributed by atoms with E-state index in [1.54, 1.807) is 35.4 Å². The number of carbonyl (C=O) groups excluding carboxylic acids is 1. The van der Waals surface area contributed by atoms with Crippen LogP contribution in [0.4, 0.5) is 14.9 Å². The number of hydrogen-bond donors (Lipinski definition) is 0. The van der Waals surface area contributed by atoms with Crippen LogP contribution in [0.1, 0.15) is 5.69 Å². The van der Waals surface area contributed by atoms with Gasteiger partial charge in [-0.2, -0.15) is 0 Å². The van der Waals surface area contributed by atoms with Crippen molar-refractivity contribution in [3.05, 3.63) is 60.4 Å². The lowest BCUT2D eigenvalue weighted by molar-refractivity contribution is 0.129. The SMILES string of the molecule is O=C1O[C@@H](Cn2ccnn2)CN1c1ccc(-c2ccc(CBr)nc2)c(F)c1. The summed E-state index contributed by atoms with van der Waals surface area (Å²) in [4.78, 5) is 17.8. The number of rotatable bonds is 5. The lowest BCUT2D eigenvalue weighted by Gasteiger charge is -2.14. The van der Waals surface area contributed by atoms with Crippen LogP contribution < -0.4 is 4.90 Å². The number of carbonyl (C=O) groups is 1. The number of amides is 1. The van der Waals surface area contributed by atoms with Crippen molar-refractivity contribution in [3.63, 3.8) is 0 Å². The average Bonchev–Trinajstić information content (AvgIpc) is 3.31. The number of cyclic esters (lactones) is 1. The molecule has 3 heterocycles. The van der Waals surface area contributed by atoms with Crippen molar-refractivity contribution in [2.45, 2.75) is 18.0 Å². The van der Waals surface area contributed by atoms with E-state index in [2.05, 4.69) is 31.2 Å². The molecule has 1 fully saturated rings. The van der Waals surface area contributed by atoms with Crippen LogP contribution in [0.5, 0.6) is 0 Å². The second-order valence-corrected chi connectivity index (χ2v) is 6.64. The molecule has 9 heteroatoms. The van der Waals surface area contributed by atoms with Gasteiger partial charge in [0, 0.05) is 28.9 Å². The van der Waals surface area contributed by atoms with E-state index >= 15 is 0 Å². The lowest BCUT2D eigenvalue weighted by atomic mass is 10.1. The Morgan fingerprint density at radius 2 is 2.19 bits per heavy atom. The van der Waals surface area contributed by atoms with Gasteiger partial charge < -0.3 is 4.74 Å². The van der Waals surface area contributed by atoms with Crippen LogP contribution in [0.15, 0.2) is 48.9 Å². The molecule has 0 unspecified atom stereocenters. The number of ether oxygens (including phenoxy) is 1. The first kappa shape index (κ1) is 17.6. The molecule has 0 saturated carbocycles. The number of alkyl halides is 1. The van der Waals surface area contributed by atoms with Gasteiger partial charge in [0.25, 0.3) is 0 Å². The fraction of sp³-hybridized carbons (Fsp3) is 0.222. The Morgan fingerprint density at radius 3 is 2.85 bits per heavy atom. The van der Waals surface area contributed by atoms with Crippen LogP contribution in [-0.4, -0.2) is 38.7 Å². The highest BCUT2D eigenvalue weighted by Crippen LogP contribution is 2.29. The summed E-state index contributed by atoms with van der Waals surface area (Å²) in [5, 5.41) is 8.23. The summed E-state index contributed by atoms with van der Waals surface area (Å²) in [6, 6.07) is 8.35. The summed E-state index contributed by atoms with van der Waals surface area (Å²) < 4.78 is 21.6. The number of halogens is 2. The maximum absolute atomic E-state index is 14.7. The molecule has 7 nitrogen and oxygen atoms in total. The molecule has 1 aliphatic heterocycles. The molecule has 1 aromatic carbocycles. The minimum Gasteiger partial charge on any atom is -0.442 e. The molecule has 0 bridgehead atoms. The highest BCUT2D eigenvalue weighted by atomic mass is 79.9. The first-order valence-electron chi connectivity index (χ1n) is 8.27. The summed E-state index contributed by atoms with van der Waals surface area (Å²) in [7, 11) is 0. The van der Waals surface area contributed by atoms with E-state index in [1.165, 1.54) is 11.0 Å². The third-order valence-electron chi connectivity index (χ3n) is 4.27. The van der Waals surface area contributed by atoms with E-state index < -0.39 is 11.9 Å². The summed E-state index contributed by atoms with van der Waals surface area (Å²) >= 11 is 3.33. The molecule has 0 spiro atoms. The standard InChI is InChI=1S/C18H15BrFN5O2/c19-8-13-2-1-12(9-21-13)16-4-3-14(7-17(16)20)25-11-15(27-18(25)26)10-24-6-5-22-23-24/h1-7,9,15H,8,10-11H2/t15-/m0/s1. The van der Waals surface area contributed by atoms with Gasteiger partial charge in [0.1, 0.15) is 11.9 Å². The third-order valence-corrected chi connectivity index (χ3v) is 4.85. The van der Waals surface area contributed by atoms with Crippen LogP contribution in [0, 0.1) is 5.82 Å². The summed E-state index contributed by atoms with van der Waals surface area (Å²) in [5.41, 5.74) is 2.43.